The number of aryl methyl sites for hydroxylation is 1. The maximum absolute atomic E-state index is 12.7. The molecule has 2 amide bonds. The minimum atomic E-state index is -4.34. The van der Waals surface area contributed by atoms with E-state index in [9.17, 15) is 22.8 Å². The predicted molar refractivity (Wildman–Crippen MR) is 181 cm³/mol. The molecule has 0 unspecified atom stereocenters. The number of carboxylic acid groups (broad SMARTS) is 1. The zero-order chi connectivity index (χ0) is 35.5. The maximum atomic E-state index is 12.7. The van der Waals surface area contributed by atoms with E-state index in [2.05, 4.69) is 9.97 Å². The van der Waals surface area contributed by atoms with Crippen molar-refractivity contribution in [3.8, 4) is 5.75 Å². The number of alkyl halides is 3. The molecule has 1 N–H and O–H groups in total. The molecule has 2 saturated heterocycles. The quantitative estimate of drug-likeness (QED) is 0.190. The number of hydrogen-bond donors (Lipinski definition) is 1. The zero-order valence-corrected chi connectivity index (χ0v) is 28.6. The van der Waals surface area contributed by atoms with Gasteiger partial charge in [0.05, 0.1) is 11.8 Å². The minimum Gasteiger partial charge on any atom is -0.465 e. The molecule has 2 fully saturated rings. The average Bonchev–Trinajstić information content (AvgIpc) is 3.79. The predicted octanol–water partition coefficient (Wildman–Crippen LogP) is 6.73. The third-order valence-electron chi connectivity index (χ3n) is 8.74. The number of likely N-dealkylation sites (tertiary alicyclic amines) is 2. The molecule has 0 saturated carbocycles. The molecular formula is C35H41F3N6O5S. The molecule has 0 spiro atoms. The highest BCUT2D eigenvalue weighted by atomic mass is 32.2. The van der Waals surface area contributed by atoms with Crippen LogP contribution in [0.25, 0.3) is 0 Å². The number of ether oxygens (including phenoxy) is 1. The Bertz CT molecular complexity index is 1630. The second-order valence-electron chi connectivity index (χ2n) is 12.4. The van der Waals surface area contributed by atoms with Crippen molar-refractivity contribution in [2.24, 2.45) is 18.9 Å². The topological polar surface area (TPSA) is 115 Å². The molecule has 0 bridgehead atoms. The zero-order valence-electron chi connectivity index (χ0n) is 27.7. The molecule has 4 heterocycles. The Kier molecular flexibility index (Phi) is 12.7. The van der Waals surface area contributed by atoms with Gasteiger partial charge in [0, 0.05) is 57.6 Å². The van der Waals surface area contributed by atoms with Crippen LogP contribution in [0.5, 0.6) is 5.75 Å². The van der Waals surface area contributed by atoms with Gasteiger partial charge in [-0.1, -0.05) is 36.0 Å². The van der Waals surface area contributed by atoms with E-state index < -0.39 is 17.8 Å². The number of carbonyl (C=O) groups is 2. The van der Waals surface area contributed by atoms with Gasteiger partial charge in [-0.15, -0.1) is 0 Å². The molecule has 2 aliphatic rings. The summed E-state index contributed by atoms with van der Waals surface area (Å²) in [7, 11) is 1.98. The number of halogens is 3. The number of rotatable bonds is 9. The standard InChI is InChI=1S/C25H26F3N3O2S.C10H15N3O3/c1-30-15-12-29-23(30)34-17-20-10-13-31(14-11-20)24(32)33-22-8-4-19(5-9-22)16-18-2-6-21(7-3-18)25(26,27)28;14-10(15)12-4-1-9(2-5-12)7-16-13-6-3-11-8-13/h2-9,12,15,20H,10-11,13-14,16-17H2,1H3;3,6,8-9H,1-2,4-5,7H2,(H,14,15). The van der Waals surface area contributed by atoms with Crippen LogP contribution in [0.4, 0.5) is 22.8 Å². The van der Waals surface area contributed by atoms with Gasteiger partial charge in [0.1, 0.15) is 18.7 Å². The van der Waals surface area contributed by atoms with E-state index in [0.717, 1.165) is 59.9 Å². The highest BCUT2D eigenvalue weighted by molar-refractivity contribution is 7.99. The Hall–Kier alpha value is -4.66. The molecule has 11 nitrogen and oxygen atoms in total. The molecule has 0 aliphatic carbocycles. The van der Waals surface area contributed by atoms with E-state index in [1.165, 1.54) is 17.0 Å². The summed E-state index contributed by atoms with van der Waals surface area (Å²) in [5.41, 5.74) is 1.04. The number of thioether (sulfide) groups is 1. The van der Waals surface area contributed by atoms with Crippen molar-refractivity contribution < 1.29 is 37.4 Å². The van der Waals surface area contributed by atoms with Gasteiger partial charge in [-0.25, -0.2) is 19.6 Å². The van der Waals surface area contributed by atoms with Gasteiger partial charge in [-0.05, 0) is 79.3 Å². The van der Waals surface area contributed by atoms with Crippen molar-refractivity contribution >= 4 is 23.9 Å². The lowest BCUT2D eigenvalue weighted by molar-refractivity contribution is -0.137. The van der Waals surface area contributed by atoms with Crippen molar-refractivity contribution in [3.63, 3.8) is 0 Å². The lowest BCUT2D eigenvalue weighted by Crippen LogP contribution is -2.40. The van der Waals surface area contributed by atoms with Crippen molar-refractivity contribution in [1.82, 2.24) is 29.1 Å². The molecule has 2 aromatic carbocycles. The molecule has 0 radical (unpaired) electrons. The molecule has 2 aliphatic heterocycles. The van der Waals surface area contributed by atoms with E-state index in [4.69, 9.17) is 14.7 Å². The first-order chi connectivity index (χ1) is 24.0. The number of hydrogen-bond acceptors (Lipinski definition) is 7. The summed E-state index contributed by atoms with van der Waals surface area (Å²) in [5, 5.41) is 9.79. The number of carbonyl (C=O) groups excluding carboxylic acids is 1. The molecule has 15 heteroatoms. The van der Waals surface area contributed by atoms with Gasteiger partial charge in [0.2, 0.25) is 0 Å². The van der Waals surface area contributed by atoms with E-state index in [1.54, 1.807) is 58.4 Å². The fourth-order valence-corrected chi connectivity index (χ4v) is 6.78. The Morgan fingerprint density at radius 1 is 0.880 bits per heavy atom. The minimum absolute atomic E-state index is 0.356. The fourth-order valence-electron chi connectivity index (χ4n) is 5.66. The Morgan fingerprint density at radius 2 is 1.50 bits per heavy atom. The Labute approximate surface area is 293 Å². The highest BCUT2D eigenvalue weighted by Crippen LogP contribution is 2.30. The first-order valence-corrected chi connectivity index (χ1v) is 17.4. The molecule has 2 aromatic heterocycles. The van der Waals surface area contributed by atoms with Crippen LogP contribution in [0.2, 0.25) is 0 Å². The third-order valence-corrected chi connectivity index (χ3v) is 10.0. The number of piperidine rings is 2. The summed E-state index contributed by atoms with van der Waals surface area (Å²) in [6, 6.07) is 12.2. The summed E-state index contributed by atoms with van der Waals surface area (Å²) in [6.07, 6.45) is 7.29. The second kappa shape index (κ2) is 17.3. The third kappa shape index (κ3) is 10.9. The summed E-state index contributed by atoms with van der Waals surface area (Å²) in [6.45, 7) is 3.15. The number of benzene rings is 2. The maximum Gasteiger partial charge on any atom is 0.416 e. The summed E-state index contributed by atoms with van der Waals surface area (Å²) >= 11 is 1.74. The van der Waals surface area contributed by atoms with E-state index >= 15 is 0 Å². The van der Waals surface area contributed by atoms with Gasteiger partial charge in [0.15, 0.2) is 5.16 Å². The monoisotopic (exact) mass is 714 g/mol. The molecule has 4 aromatic rings. The molecule has 0 atom stereocenters. The second-order valence-corrected chi connectivity index (χ2v) is 13.4. The van der Waals surface area contributed by atoms with Crippen LogP contribution < -0.4 is 9.57 Å². The SMILES string of the molecule is Cn1ccnc1SCC1CCN(C(=O)Oc2ccc(Cc3ccc(C(F)(F)F)cc3)cc2)CC1.O=C(O)N1CCC(COn2ccnc2)CC1. The lowest BCUT2D eigenvalue weighted by Gasteiger charge is -2.31. The lowest BCUT2D eigenvalue weighted by atomic mass is 9.98. The summed E-state index contributed by atoms with van der Waals surface area (Å²) in [5.74, 6) is 2.40. The van der Waals surface area contributed by atoms with Crippen LogP contribution in [0, 0.1) is 11.8 Å². The van der Waals surface area contributed by atoms with Crippen LogP contribution in [0.3, 0.4) is 0 Å². The van der Waals surface area contributed by atoms with Gasteiger partial charge < -0.3 is 29.0 Å². The van der Waals surface area contributed by atoms with Gasteiger partial charge in [-0.2, -0.15) is 17.9 Å². The molecular weight excluding hydrogens is 673 g/mol. The smallest absolute Gasteiger partial charge is 0.416 e. The van der Waals surface area contributed by atoms with Crippen LogP contribution in [0.1, 0.15) is 42.4 Å². The number of aromatic nitrogens is 4. The summed E-state index contributed by atoms with van der Waals surface area (Å²) < 4.78 is 47.2. The normalized spacial score (nSPS) is 15.7. The van der Waals surface area contributed by atoms with E-state index in [-0.39, 0.29) is 6.09 Å². The highest BCUT2D eigenvalue weighted by Gasteiger charge is 2.30. The van der Waals surface area contributed by atoms with Crippen molar-refractivity contribution in [2.45, 2.75) is 43.4 Å². The van der Waals surface area contributed by atoms with Crippen molar-refractivity contribution in [1.29, 1.82) is 0 Å². The van der Waals surface area contributed by atoms with Gasteiger partial charge in [-0.3, -0.25) is 0 Å². The molecule has 268 valence electrons. The summed E-state index contributed by atoms with van der Waals surface area (Å²) in [4.78, 5) is 40.1. The Balaban J connectivity index is 0.000000253. The molecule has 50 heavy (non-hydrogen) atoms. The number of nitrogens with zero attached hydrogens (tertiary/aromatic N) is 6. The molecule has 6 rings (SSSR count). The van der Waals surface area contributed by atoms with E-state index in [1.807, 2.05) is 29.9 Å². The van der Waals surface area contributed by atoms with Gasteiger partial charge >= 0.3 is 18.4 Å². The first-order valence-electron chi connectivity index (χ1n) is 16.4. The van der Waals surface area contributed by atoms with Crippen molar-refractivity contribution in [3.05, 3.63) is 96.3 Å². The van der Waals surface area contributed by atoms with Gasteiger partial charge in [0.25, 0.3) is 0 Å². The largest absolute Gasteiger partial charge is 0.465 e. The first kappa shape index (κ1) is 36.6. The van der Waals surface area contributed by atoms with Crippen LogP contribution in [0.15, 0.2) is 84.8 Å². The average molecular weight is 715 g/mol. The number of imidazole rings is 2. The van der Waals surface area contributed by atoms with Crippen molar-refractivity contribution in [2.75, 3.05) is 38.5 Å². The van der Waals surface area contributed by atoms with E-state index in [0.29, 0.717) is 56.8 Å². The number of amides is 2. The van der Waals surface area contributed by atoms with Crippen LogP contribution in [-0.4, -0.2) is 84.9 Å². The fraction of sp³-hybridized carbons (Fsp3) is 0.429. The van der Waals surface area contributed by atoms with Crippen LogP contribution >= 0.6 is 11.8 Å². The Morgan fingerprint density at radius 3 is 2.06 bits per heavy atom. The van der Waals surface area contributed by atoms with Crippen LogP contribution in [-0.2, 0) is 19.6 Å².